The van der Waals surface area contributed by atoms with Gasteiger partial charge in [-0.15, -0.1) is 11.3 Å². The average molecular weight is 548 g/mol. The normalized spacial score (nSPS) is 14.2. The number of nitrogens with zero attached hydrogens (tertiary/aromatic N) is 3. The van der Waals surface area contributed by atoms with Gasteiger partial charge in [0.25, 0.3) is 0 Å². The number of amides is 1. The van der Waals surface area contributed by atoms with Crippen LogP contribution in [-0.2, 0) is 4.79 Å². The maximum absolute atomic E-state index is 12.7. The van der Waals surface area contributed by atoms with E-state index in [0.29, 0.717) is 18.0 Å². The molecule has 0 atom stereocenters. The molecule has 0 unspecified atom stereocenters. The third-order valence-electron chi connectivity index (χ3n) is 7.66. The highest BCUT2D eigenvalue weighted by atomic mass is 32.1. The predicted octanol–water partition coefficient (Wildman–Crippen LogP) is 6.53. The number of benzene rings is 1. The number of hydrogen-bond donors (Lipinski definition) is 4. The zero-order valence-corrected chi connectivity index (χ0v) is 22.9. The second-order valence-electron chi connectivity index (χ2n) is 10.5. The van der Waals surface area contributed by atoms with Crippen molar-refractivity contribution in [1.29, 1.82) is 0 Å². The number of fused-ring (bicyclic) bond motifs is 2. The first-order chi connectivity index (χ1) is 19.6. The largest absolute Gasteiger partial charge is 0.352 e. The van der Waals surface area contributed by atoms with E-state index < -0.39 is 0 Å². The summed E-state index contributed by atoms with van der Waals surface area (Å²) in [5.74, 6) is 0.481. The molecule has 5 aromatic heterocycles. The molecule has 6 aromatic rings. The summed E-state index contributed by atoms with van der Waals surface area (Å²) in [6, 6.07) is 14.6. The Labute approximate surface area is 235 Å². The van der Waals surface area contributed by atoms with E-state index in [4.69, 9.17) is 0 Å². The number of anilines is 1. The van der Waals surface area contributed by atoms with Gasteiger partial charge in [0.2, 0.25) is 5.91 Å². The summed E-state index contributed by atoms with van der Waals surface area (Å²) in [7, 11) is 0. The van der Waals surface area contributed by atoms with Gasteiger partial charge < -0.3 is 15.6 Å². The van der Waals surface area contributed by atoms with E-state index >= 15 is 0 Å². The fourth-order valence-corrected chi connectivity index (χ4v) is 6.47. The summed E-state index contributed by atoms with van der Waals surface area (Å²) in [6.45, 7) is 4.09. The molecule has 0 aliphatic carbocycles. The molecule has 0 saturated carbocycles. The predicted molar refractivity (Wildman–Crippen MR) is 161 cm³/mol. The van der Waals surface area contributed by atoms with Crippen molar-refractivity contribution >= 4 is 44.7 Å². The number of hydrogen-bond acceptors (Lipinski definition) is 6. The number of thiophene rings is 1. The van der Waals surface area contributed by atoms with Crippen molar-refractivity contribution in [2.45, 2.75) is 26.2 Å². The first-order valence-electron chi connectivity index (χ1n) is 13.6. The minimum absolute atomic E-state index is 0.0452. The van der Waals surface area contributed by atoms with Crippen LogP contribution in [0.25, 0.3) is 54.8 Å². The Morgan fingerprint density at radius 1 is 0.950 bits per heavy atom. The topological polar surface area (TPSA) is 111 Å². The second-order valence-corrected chi connectivity index (χ2v) is 11.8. The molecule has 0 spiro atoms. The summed E-state index contributed by atoms with van der Waals surface area (Å²) in [4.78, 5) is 27.6. The molecular weight excluding hydrogens is 518 g/mol. The first-order valence-corrected chi connectivity index (χ1v) is 14.4. The van der Waals surface area contributed by atoms with Crippen LogP contribution in [0.4, 0.5) is 5.69 Å². The number of H-pyrrole nitrogens is 2. The molecule has 0 bridgehead atoms. The lowest BCUT2D eigenvalue weighted by Gasteiger charge is -2.21. The first kappa shape index (κ1) is 24.7. The van der Waals surface area contributed by atoms with Crippen molar-refractivity contribution in [2.24, 2.45) is 5.92 Å². The minimum atomic E-state index is 0.0452. The van der Waals surface area contributed by atoms with Gasteiger partial charge in [0.05, 0.1) is 34.8 Å². The summed E-state index contributed by atoms with van der Waals surface area (Å²) in [6.07, 6.45) is 9.95. The lowest BCUT2D eigenvalue weighted by Crippen LogP contribution is -2.30. The van der Waals surface area contributed by atoms with E-state index in [1.165, 1.54) is 9.75 Å². The molecule has 40 heavy (non-hydrogen) atoms. The van der Waals surface area contributed by atoms with Gasteiger partial charge in [0.15, 0.2) is 0 Å². The van der Waals surface area contributed by atoms with E-state index in [1.54, 1.807) is 17.5 Å². The number of aryl methyl sites for hydroxylation is 1. The number of carbonyl (C=O) groups is 1. The molecule has 1 fully saturated rings. The molecule has 9 heteroatoms. The fraction of sp³-hybridized carbons (Fsp3) is 0.226. The molecule has 6 heterocycles. The quantitative estimate of drug-likeness (QED) is 0.189. The summed E-state index contributed by atoms with van der Waals surface area (Å²) < 4.78 is 0. The van der Waals surface area contributed by atoms with Crippen molar-refractivity contribution in [3.63, 3.8) is 0 Å². The van der Waals surface area contributed by atoms with Gasteiger partial charge in [-0.05, 0) is 80.7 Å². The number of rotatable bonds is 6. The lowest BCUT2D eigenvalue weighted by atomic mass is 9.94. The molecule has 7 rings (SSSR count). The number of piperidine rings is 1. The Morgan fingerprint density at radius 3 is 2.67 bits per heavy atom. The summed E-state index contributed by atoms with van der Waals surface area (Å²) in [5, 5.41) is 16.4. The van der Waals surface area contributed by atoms with Gasteiger partial charge in [0, 0.05) is 50.5 Å². The molecule has 1 aliphatic heterocycles. The highest BCUT2D eigenvalue weighted by Gasteiger charge is 2.18. The monoisotopic (exact) mass is 547 g/mol. The molecule has 8 nitrogen and oxygen atoms in total. The van der Waals surface area contributed by atoms with Crippen LogP contribution in [-0.4, -0.2) is 44.1 Å². The number of aromatic nitrogens is 5. The summed E-state index contributed by atoms with van der Waals surface area (Å²) in [5.41, 5.74) is 7.47. The maximum atomic E-state index is 12.7. The van der Waals surface area contributed by atoms with E-state index in [-0.39, 0.29) is 5.91 Å². The van der Waals surface area contributed by atoms with Gasteiger partial charge in [-0.1, -0.05) is 6.07 Å². The van der Waals surface area contributed by atoms with Gasteiger partial charge in [0.1, 0.15) is 5.69 Å². The van der Waals surface area contributed by atoms with Crippen LogP contribution in [0.1, 0.15) is 24.1 Å². The Morgan fingerprint density at radius 2 is 1.82 bits per heavy atom. The lowest BCUT2D eigenvalue weighted by molar-refractivity contribution is -0.117. The summed E-state index contributed by atoms with van der Waals surface area (Å²) >= 11 is 1.77. The molecule has 1 aromatic carbocycles. The number of pyridine rings is 2. The molecule has 1 amide bonds. The van der Waals surface area contributed by atoms with Crippen LogP contribution in [0.15, 0.2) is 67.3 Å². The second kappa shape index (κ2) is 10.3. The average Bonchev–Trinajstić information content (AvgIpc) is 3.71. The third-order valence-corrected chi connectivity index (χ3v) is 8.69. The standard InChI is InChI=1S/C31H29N7OS/c1-18-2-5-29(40-18)25-16-34-17-28-23(25)13-27(36-28)31-24-12-20(3-4-26(24)37-38-31)21-11-22(15-33-14-21)35-30(39)10-19-6-8-32-9-7-19/h2-5,11-17,19,32,36H,6-10H2,1H3,(H,35,39)(H,37,38). The molecule has 4 N–H and O–H groups in total. The molecular formula is C31H29N7OS. The van der Waals surface area contributed by atoms with Crippen molar-refractivity contribution in [1.82, 2.24) is 30.5 Å². The van der Waals surface area contributed by atoms with Crippen LogP contribution >= 0.6 is 11.3 Å². The van der Waals surface area contributed by atoms with Gasteiger partial charge in [-0.25, -0.2) is 0 Å². The van der Waals surface area contributed by atoms with Crippen LogP contribution in [0.5, 0.6) is 0 Å². The SMILES string of the molecule is Cc1ccc(-c2cncc3[nH]c(-c4n[nH]c5ccc(-c6cncc(NC(=O)CC7CCNCC7)c6)cc45)cc23)s1. The van der Waals surface area contributed by atoms with E-state index in [1.807, 2.05) is 36.8 Å². The van der Waals surface area contributed by atoms with Gasteiger partial charge >= 0.3 is 0 Å². The molecule has 1 aliphatic rings. The van der Waals surface area contributed by atoms with Crippen molar-refractivity contribution in [3.8, 4) is 33.0 Å². The van der Waals surface area contributed by atoms with Crippen LogP contribution in [0, 0.1) is 12.8 Å². The van der Waals surface area contributed by atoms with Gasteiger partial charge in [-0.3, -0.25) is 19.9 Å². The Hall–Kier alpha value is -4.34. The highest BCUT2D eigenvalue weighted by molar-refractivity contribution is 7.15. The Bertz CT molecular complexity index is 1840. The zero-order valence-electron chi connectivity index (χ0n) is 22.1. The zero-order chi connectivity index (χ0) is 27.1. The van der Waals surface area contributed by atoms with Crippen molar-refractivity contribution in [3.05, 3.63) is 72.1 Å². The Kier molecular flexibility index (Phi) is 6.37. The molecule has 0 radical (unpaired) electrons. The smallest absolute Gasteiger partial charge is 0.224 e. The fourth-order valence-electron chi connectivity index (χ4n) is 5.58. The van der Waals surface area contributed by atoms with Gasteiger partial charge in [-0.2, -0.15) is 5.10 Å². The van der Waals surface area contributed by atoms with Crippen LogP contribution < -0.4 is 10.6 Å². The third kappa shape index (κ3) is 4.78. The van der Waals surface area contributed by atoms with Crippen LogP contribution in [0.3, 0.4) is 0 Å². The van der Waals surface area contributed by atoms with Crippen molar-refractivity contribution < 1.29 is 4.79 Å². The molecule has 200 valence electrons. The number of carbonyl (C=O) groups excluding carboxylic acids is 1. The number of nitrogens with one attached hydrogen (secondary N) is 4. The van der Waals surface area contributed by atoms with E-state index in [0.717, 1.165) is 75.8 Å². The van der Waals surface area contributed by atoms with E-state index in [2.05, 4.69) is 67.0 Å². The van der Waals surface area contributed by atoms with Crippen molar-refractivity contribution in [2.75, 3.05) is 18.4 Å². The molecule has 1 saturated heterocycles. The maximum Gasteiger partial charge on any atom is 0.224 e. The Balaban J connectivity index is 1.19. The highest BCUT2D eigenvalue weighted by Crippen LogP contribution is 2.37. The minimum Gasteiger partial charge on any atom is -0.352 e. The van der Waals surface area contributed by atoms with E-state index in [9.17, 15) is 4.79 Å². The number of aromatic amines is 2. The van der Waals surface area contributed by atoms with Crippen LogP contribution in [0.2, 0.25) is 0 Å².